The van der Waals surface area contributed by atoms with Gasteiger partial charge in [0.05, 0.1) is 4.90 Å². The minimum absolute atomic E-state index is 0.0547. The maximum absolute atomic E-state index is 12.2. The van der Waals surface area contributed by atoms with Gasteiger partial charge in [0.1, 0.15) is 0 Å². The molecular weight excluding hydrogens is 426 g/mol. The van der Waals surface area contributed by atoms with Gasteiger partial charge in [0, 0.05) is 32.5 Å². The fourth-order valence-corrected chi connectivity index (χ4v) is 3.10. The Balaban J connectivity index is 0.000000749. The van der Waals surface area contributed by atoms with Gasteiger partial charge >= 0.3 is 0 Å². The lowest BCUT2D eigenvalue weighted by molar-refractivity contribution is -2.00. The number of primary sulfonamides is 1. The van der Waals surface area contributed by atoms with Gasteiger partial charge < -0.3 is 5.32 Å². The Bertz CT molecular complexity index is 929. The number of aromatic nitrogens is 1. The highest BCUT2D eigenvalue weighted by Gasteiger charge is 2.16. The van der Waals surface area contributed by atoms with Crippen molar-refractivity contribution in [3.05, 3.63) is 58.9 Å². The molecular formula is C17H22ClN3O7S. The smallest absolute Gasteiger partial charge is 0.286 e. The number of pyridine rings is 1. The second kappa shape index (κ2) is 10.1. The number of rotatable bonds is 5. The molecule has 1 amide bonds. The molecule has 0 atom stereocenters. The van der Waals surface area contributed by atoms with E-state index >= 15 is 0 Å². The SMILES string of the molecule is Cc1cc(C)[n+](CC(=O)NCc2ccc(S(N)(=O)=O)cc2)c(C)c1.[O-][Cl+3]([O-])([O-])[O-]. The largest absolute Gasteiger partial charge is 0.347 e. The molecule has 0 unspecified atom stereocenters. The molecule has 0 spiro atoms. The predicted octanol–water partition coefficient (Wildman–Crippen LogP) is -3.89. The molecule has 0 aliphatic heterocycles. The number of hydrogen-bond acceptors (Lipinski definition) is 7. The molecule has 10 nitrogen and oxygen atoms in total. The Morgan fingerprint density at radius 2 is 1.48 bits per heavy atom. The Kier molecular flexibility index (Phi) is 8.65. The maximum Gasteiger partial charge on any atom is 0.286 e. The highest BCUT2D eigenvalue weighted by molar-refractivity contribution is 7.89. The van der Waals surface area contributed by atoms with E-state index in [2.05, 4.69) is 5.32 Å². The van der Waals surface area contributed by atoms with Gasteiger partial charge in [0.25, 0.3) is 5.91 Å². The van der Waals surface area contributed by atoms with Crippen molar-refractivity contribution >= 4 is 15.9 Å². The Morgan fingerprint density at radius 1 is 1.03 bits per heavy atom. The summed E-state index contributed by atoms with van der Waals surface area (Å²) in [4.78, 5) is 12.2. The summed E-state index contributed by atoms with van der Waals surface area (Å²) >= 11 is 0. The normalized spacial score (nSPS) is 11.4. The number of nitrogens with zero attached hydrogens (tertiary/aromatic N) is 1. The van der Waals surface area contributed by atoms with Crippen molar-refractivity contribution in [1.82, 2.24) is 5.32 Å². The molecule has 0 saturated carbocycles. The van der Waals surface area contributed by atoms with Gasteiger partial charge in [-0.25, -0.2) is 32.2 Å². The molecule has 3 N–H and O–H groups in total. The van der Waals surface area contributed by atoms with Gasteiger partial charge in [-0.15, -0.1) is 10.2 Å². The third-order valence-corrected chi connectivity index (χ3v) is 4.70. The zero-order valence-corrected chi connectivity index (χ0v) is 17.6. The van der Waals surface area contributed by atoms with Crippen LogP contribution in [-0.2, 0) is 27.9 Å². The monoisotopic (exact) mass is 447 g/mol. The number of halogens is 1. The highest BCUT2D eigenvalue weighted by Crippen LogP contribution is 2.08. The summed E-state index contributed by atoms with van der Waals surface area (Å²) < 4.78 is 58.3. The summed E-state index contributed by atoms with van der Waals surface area (Å²) in [6.45, 7) is 6.54. The van der Waals surface area contributed by atoms with Gasteiger partial charge in [0.15, 0.2) is 11.4 Å². The van der Waals surface area contributed by atoms with E-state index in [9.17, 15) is 13.2 Å². The number of nitrogens with two attached hydrogens (primary N) is 1. The Hall–Kier alpha value is -2.12. The lowest BCUT2D eigenvalue weighted by Gasteiger charge is -2.17. The van der Waals surface area contributed by atoms with Gasteiger partial charge in [-0.2, -0.15) is 4.57 Å². The minimum atomic E-state index is -4.94. The fraction of sp³-hybridized carbons (Fsp3) is 0.294. The summed E-state index contributed by atoms with van der Waals surface area (Å²) in [7, 11) is -8.64. The molecule has 1 aromatic carbocycles. The summed E-state index contributed by atoms with van der Waals surface area (Å²) in [5.74, 6) is -0.106. The molecule has 2 aromatic rings. The highest BCUT2D eigenvalue weighted by atomic mass is 35.7. The van der Waals surface area contributed by atoms with Gasteiger partial charge in [-0.1, -0.05) is 12.1 Å². The van der Waals surface area contributed by atoms with Crippen LogP contribution in [-0.4, -0.2) is 14.3 Å². The van der Waals surface area contributed by atoms with Crippen LogP contribution in [0.2, 0.25) is 0 Å². The van der Waals surface area contributed by atoms with E-state index in [4.69, 9.17) is 23.8 Å². The maximum atomic E-state index is 12.2. The van der Waals surface area contributed by atoms with E-state index in [0.29, 0.717) is 6.54 Å². The lowest BCUT2D eigenvalue weighted by atomic mass is 10.2. The first-order valence-electron chi connectivity index (χ1n) is 8.14. The first kappa shape index (κ1) is 24.9. The van der Waals surface area contributed by atoms with Crippen molar-refractivity contribution in [3.63, 3.8) is 0 Å². The zero-order chi connectivity index (χ0) is 22.4. The van der Waals surface area contributed by atoms with Crippen molar-refractivity contribution in [2.75, 3.05) is 0 Å². The third-order valence-electron chi connectivity index (χ3n) is 3.77. The molecule has 160 valence electrons. The van der Waals surface area contributed by atoms with E-state index in [0.717, 1.165) is 22.5 Å². The van der Waals surface area contributed by atoms with Crippen LogP contribution < -0.4 is 33.7 Å². The number of amides is 1. The average Bonchev–Trinajstić information content (AvgIpc) is 2.54. The average molecular weight is 448 g/mol. The van der Waals surface area contributed by atoms with E-state index in [1.54, 1.807) is 12.1 Å². The molecule has 2 rings (SSSR count). The molecule has 0 fully saturated rings. The van der Waals surface area contributed by atoms with E-state index in [1.807, 2.05) is 37.5 Å². The van der Waals surface area contributed by atoms with Crippen LogP contribution in [0.1, 0.15) is 22.5 Å². The van der Waals surface area contributed by atoms with Gasteiger partial charge in [0.2, 0.25) is 16.6 Å². The molecule has 0 saturated heterocycles. The van der Waals surface area contributed by atoms with Crippen molar-refractivity contribution in [2.45, 2.75) is 38.8 Å². The first-order valence-corrected chi connectivity index (χ1v) is 10.9. The standard InChI is InChI=1S/C17H21N3O3S.ClHO4/c1-12-8-13(2)20(14(3)9-12)11-17(21)19-10-15-4-6-16(7-5-15)24(18,22)23;2-1(3,4)5/h4-9H,10-11H2,1-3H3,(H2-,18,19,21,22,23);(H,2,3,4,5). The minimum Gasteiger partial charge on any atom is -0.347 e. The third kappa shape index (κ3) is 9.76. The summed E-state index contributed by atoms with van der Waals surface area (Å²) in [6.07, 6.45) is 0. The van der Waals surface area contributed by atoms with Crippen LogP contribution >= 0.6 is 0 Å². The molecule has 0 aliphatic rings. The van der Waals surface area contributed by atoms with Crippen molar-refractivity contribution in [1.29, 1.82) is 0 Å². The van der Waals surface area contributed by atoms with Crippen LogP contribution in [0.4, 0.5) is 0 Å². The van der Waals surface area contributed by atoms with Crippen molar-refractivity contribution < 1.29 is 46.7 Å². The van der Waals surface area contributed by atoms with E-state index in [-0.39, 0.29) is 17.3 Å². The molecule has 1 aromatic heterocycles. The number of sulfonamides is 1. The van der Waals surface area contributed by atoms with Gasteiger partial charge in [-0.05, 0) is 30.2 Å². The molecule has 1 heterocycles. The van der Waals surface area contributed by atoms with Crippen LogP contribution in [0.5, 0.6) is 0 Å². The Labute approximate surface area is 171 Å². The molecule has 0 bridgehead atoms. The molecule has 12 heteroatoms. The second-order valence-electron chi connectivity index (χ2n) is 6.25. The van der Waals surface area contributed by atoms with Crippen LogP contribution in [0.3, 0.4) is 0 Å². The number of benzene rings is 1. The van der Waals surface area contributed by atoms with Crippen LogP contribution in [0.25, 0.3) is 0 Å². The lowest BCUT2D eigenvalue weighted by Crippen LogP contribution is -2.68. The van der Waals surface area contributed by atoms with Crippen LogP contribution in [0, 0.1) is 31.0 Å². The Morgan fingerprint density at radius 3 is 1.90 bits per heavy atom. The first-order chi connectivity index (χ1) is 13.2. The topological polar surface area (TPSA) is 185 Å². The van der Waals surface area contributed by atoms with Crippen LogP contribution in [0.15, 0.2) is 41.3 Å². The summed E-state index contributed by atoms with van der Waals surface area (Å²) in [5.41, 5.74) is 4.02. The summed E-state index contributed by atoms with van der Waals surface area (Å²) in [5, 5.41) is 7.89. The predicted molar refractivity (Wildman–Crippen MR) is 90.5 cm³/mol. The van der Waals surface area contributed by atoms with Crippen molar-refractivity contribution in [3.8, 4) is 0 Å². The number of aryl methyl sites for hydroxylation is 3. The number of carbonyl (C=O) groups is 1. The second-order valence-corrected chi connectivity index (χ2v) is 8.56. The van der Waals surface area contributed by atoms with Crippen molar-refractivity contribution in [2.24, 2.45) is 5.14 Å². The fourth-order valence-electron chi connectivity index (χ4n) is 2.58. The number of carbonyl (C=O) groups excluding carboxylic acids is 1. The molecule has 29 heavy (non-hydrogen) atoms. The van der Waals surface area contributed by atoms with E-state index in [1.165, 1.54) is 12.1 Å². The number of nitrogens with one attached hydrogen (secondary N) is 1. The van der Waals surface area contributed by atoms with Gasteiger partial charge in [-0.3, -0.25) is 4.79 Å². The summed E-state index contributed by atoms with van der Waals surface area (Å²) in [6, 6.07) is 10.2. The number of hydrogen-bond donors (Lipinski definition) is 2. The van der Waals surface area contributed by atoms with E-state index < -0.39 is 20.3 Å². The molecule has 0 radical (unpaired) electrons. The zero-order valence-electron chi connectivity index (χ0n) is 16.0. The quantitative estimate of drug-likeness (QED) is 0.438. The molecule has 0 aliphatic carbocycles.